The van der Waals surface area contributed by atoms with E-state index in [1.54, 1.807) is 0 Å². The normalized spacial score (nSPS) is 17.7. The van der Waals surface area contributed by atoms with Crippen LogP contribution in [0.15, 0.2) is 23.1 Å². The Labute approximate surface area is 154 Å². The first-order valence-electron chi connectivity index (χ1n) is 7.68. The first kappa shape index (κ1) is 21.7. The minimum absolute atomic E-state index is 0. The molecule has 0 radical (unpaired) electrons. The van der Waals surface area contributed by atoms with Gasteiger partial charge in [0.1, 0.15) is 11.9 Å². The Balaban J connectivity index is 0.00000312. The van der Waals surface area contributed by atoms with Crippen LogP contribution in [0, 0.1) is 0 Å². The van der Waals surface area contributed by atoms with Gasteiger partial charge in [-0.15, -0.1) is 12.4 Å². The van der Waals surface area contributed by atoms with E-state index in [9.17, 15) is 13.2 Å². The molecule has 0 saturated carbocycles. The van der Waals surface area contributed by atoms with E-state index in [4.69, 9.17) is 9.47 Å². The minimum Gasteiger partial charge on any atom is -0.492 e. The van der Waals surface area contributed by atoms with Crippen molar-refractivity contribution in [1.29, 1.82) is 0 Å². The summed E-state index contributed by atoms with van der Waals surface area (Å²) in [5, 5.41) is 5.78. The van der Waals surface area contributed by atoms with Gasteiger partial charge in [0, 0.05) is 27.2 Å². The van der Waals surface area contributed by atoms with Gasteiger partial charge >= 0.3 is 0 Å². The minimum atomic E-state index is -3.61. The van der Waals surface area contributed by atoms with Gasteiger partial charge in [-0.2, -0.15) is 0 Å². The number of nitrogens with zero attached hydrogens (tertiary/aromatic N) is 1. The molecule has 0 bridgehead atoms. The largest absolute Gasteiger partial charge is 0.492 e. The van der Waals surface area contributed by atoms with Gasteiger partial charge in [-0.3, -0.25) is 4.79 Å². The summed E-state index contributed by atoms with van der Waals surface area (Å²) in [5.74, 6) is 0.0647. The zero-order chi connectivity index (χ0) is 17.7. The lowest BCUT2D eigenvalue weighted by Crippen LogP contribution is -2.45. The molecule has 25 heavy (non-hydrogen) atoms. The van der Waals surface area contributed by atoms with Crippen molar-refractivity contribution in [3.63, 3.8) is 0 Å². The van der Waals surface area contributed by atoms with Crippen LogP contribution in [0.4, 0.5) is 5.69 Å². The van der Waals surface area contributed by atoms with Gasteiger partial charge in [-0.1, -0.05) is 0 Å². The van der Waals surface area contributed by atoms with E-state index in [1.165, 1.54) is 32.3 Å². The van der Waals surface area contributed by atoms with Crippen LogP contribution in [-0.2, 0) is 19.6 Å². The van der Waals surface area contributed by atoms with Crippen LogP contribution >= 0.6 is 12.4 Å². The predicted molar refractivity (Wildman–Crippen MR) is 97.0 cm³/mol. The molecule has 1 aliphatic rings. The topological polar surface area (TPSA) is 97.0 Å². The fraction of sp³-hybridized carbons (Fsp3) is 0.533. The molecule has 1 unspecified atom stereocenters. The standard InChI is InChI=1S/C15H23N3O5S.ClH/c1-4-22-13-6-5-11(24(20,21)18(2)3)9-12(13)17-15(19)14-10-16-7-8-23-14;/h5-6,9,14,16H,4,7-8,10H2,1-3H3,(H,17,19);1H. The van der Waals surface area contributed by atoms with Crippen LogP contribution < -0.4 is 15.4 Å². The summed E-state index contributed by atoms with van der Waals surface area (Å²) in [6, 6.07) is 4.39. The second-order valence-electron chi connectivity index (χ2n) is 5.43. The number of hydrogen-bond donors (Lipinski definition) is 2. The number of ether oxygens (including phenoxy) is 2. The molecular formula is C15H24ClN3O5S. The van der Waals surface area contributed by atoms with Crippen LogP contribution in [0.3, 0.4) is 0 Å². The molecule has 2 N–H and O–H groups in total. The number of halogens is 1. The fourth-order valence-corrected chi connectivity index (χ4v) is 3.13. The highest BCUT2D eigenvalue weighted by atomic mass is 35.5. The molecule has 1 aliphatic heterocycles. The molecule has 1 heterocycles. The van der Waals surface area contributed by atoms with Crippen LogP contribution in [0.25, 0.3) is 0 Å². The van der Waals surface area contributed by atoms with Crippen molar-refractivity contribution in [2.75, 3.05) is 45.7 Å². The first-order valence-corrected chi connectivity index (χ1v) is 9.12. The Morgan fingerprint density at radius 3 is 2.72 bits per heavy atom. The Kier molecular flexibility index (Phi) is 8.10. The van der Waals surface area contributed by atoms with Gasteiger partial charge in [-0.25, -0.2) is 12.7 Å². The molecule has 2 rings (SSSR count). The number of nitrogens with one attached hydrogen (secondary N) is 2. The Morgan fingerprint density at radius 1 is 1.44 bits per heavy atom. The SMILES string of the molecule is CCOc1ccc(S(=O)(=O)N(C)C)cc1NC(=O)C1CNCCO1.Cl. The highest BCUT2D eigenvalue weighted by Gasteiger charge is 2.24. The van der Waals surface area contributed by atoms with E-state index in [0.29, 0.717) is 37.7 Å². The molecule has 0 spiro atoms. The van der Waals surface area contributed by atoms with Crippen molar-refractivity contribution in [2.24, 2.45) is 0 Å². The van der Waals surface area contributed by atoms with E-state index in [2.05, 4.69) is 10.6 Å². The molecule has 0 aliphatic carbocycles. The number of rotatable bonds is 6. The lowest BCUT2D eigenvalue weighted by molar-refractivity contribution is -0.128. The number of sulfonamides is 1. The van der Waals surface area contributed by atoms with Crippen molar-refractivity contribution in [2.45, 2.75) is 17.9 Å². The average molecular weight is 394 g/mol. The van der Waals surface area contributed by atoms with E-state index in [1.807, 2.05) is 6.92 Å². The molecule has 142 valence electrons. The number of anilines is 1. The monoisotopic (exact) mass is 393 g/mol. The van der Waals surface area contributed by atoms with Crippen molar-refractivity contribution in [3.05, 3.63) is 18.2 Å². The second kappa shape index (κ2) is 9.35. The zero-order valence-corrected chi connectivity index (χ0v) is 16.1. The Bertz CT molecular complexity index is 690. The van der Waals surface area contributed by atoms with Gasteiger partial charge < -0.3 is 20.1 Å². The van der Waals surface area contributed by atoms with E-state index >= 15 is 0 Å². The molecule has 1 saturated heterocycles. The Hall–Kier alpha value is -1.39. The van der Waals surface area contributed by atoms with Gasteiger partial charge in [0.25, 0.3) is 5.91 Å². The van der Waals surface area contributed by atoms with Crippen LogP contribution in [-0.4, -0.2) is 65.1 Å². The highest BCUT2D eigenvalue weighted by Crippen LogP contribution is 2.29. The van der Waals surface area contributed by atoms with Crippen LogP contribution in [0.2, 0.25) is 0 Å². The number of carbonyl (C=O) groups excluding carboxylic acids is 1. The summed E-state index contributed by atoms with van der Waals surface area (Å²) in [6.45, 7) is 3.76. The number of amides is 1. The number of morpholine rings is 1. The van der Waals surface area contributed by atoms with Crippen LogP contribution in [0.5, 0.6) is 5.75 Å². The number of hydrogen-bond acceptors (Lipinski definition) is 6. The van der Waals surface area contributed by atoms with E-state index in [-0.39, 0.29) is 23.2 Å². The van der Waals surface area contributed by atoms with Gasteiger partial charge in [0.05, 0.1) is 23.8 Å². The van der Waals surface area contributed by atoms with Gasteiger partial charge in [-0.05, 0) is 25.1 Å². The predicted octanol–water partition coefficient (Wildman–Crippen LogP) is 0.684. The van der Waals surface area contributed by atoms with Crippen molar-refractivity contribution >= 4 is 34.0 Å². The van der Waals surface area contributed by atoms with Crippen LogP contribution in [0.1, 0.15) is 6.92 Å². The average Bonchev–Trinajstić information content (AvgIpc) is 2.57. The van der Waals surface area contributed by atoms with E-state index in [0.717, 1.165) is 4.31 Å². The van der Waals surface area contributed by atoms with Gasteiger partial charge in [0.2, 0.25) is 10.0 Å². The maximum atomic E-state index is 12.3. The summed E-state index contributed by atoms with van der Waals surface area (Å²) in [7, 11) is -0.709. The molecule has 0 aromatic heterocycles. The maximum absolute atomic E-state index is 12.3. The molecule has 10 heteroatoms. The number of benzene rings is 1. The summed E-state index contributed by atoms with van der Waals surface area (Å²) in [6.07, 6.45) is -0.623. The third-order valence-corrected chi connectivity index (χ3v) is 5.32. The molecule has 1 fully saturated rings. The smallest absolute Gasteiger partial charge is 0.254 e. The maximum Gasteiger partial charge on any atom is 0.254 e. The summed E-state index contributed by atoms with van der Waals surface area (Å²) >= 11 is 0. The lowest BCUT2D eigenvalue weighted by Gasteiger charge is -2.23. The fourth-order valence-electron chi connectivity index (χ4n) is 2.21. The van der Waals surface area contributed by atoms with Crippen molar-refractivity contribution in [3.8, 4) is 5.75 Å². The molecule has 1 amide bonds. The third kappa shape index (κ3) is 5.29. The number of carbonyl (C=O) groups is 1. The third-order valence-electron chi connectivity index (χ3n) is 3.51. The molecule has 1 aromatic carbocycles. The summed E-state index contributed by atoms with van der Waals surface area (Å²) < 4.78 is 36.6. The highest BCUT2D eigenvalue weighted by molar-refractivity contribution is 7.89. The Morgan fingerprint density at radius 2 is 2.16 bits per heavy atom. The quantitative estimate of drug-likeness (QED) is 0.737. The molecule has 1 atom stereocenters. The first-order chi connectivity index (χ1) is 11.4. The zero-order valence-electron chi connectivity index (χ0n) is 14.4. The van der Waals surface area contributed by atoms with Crippen molar-refractivity contribution < 1.29 is 22.7 Å². The lowest BCUT2D eigenvalue weighted by atomic mass is 10.2. The molecule has 1 aromatic rings. The van der Waals surface area contributed by atoms with Crippen molar-refractivity contribution in [1.82, 2.24) is 9.62 Å². The van der Waals surface area contributed by atoms with Gasteiger partial charge in [0.15, 0.2) is 0 Å². The second-order valence-corrected chi connectivity index (χ2v) is 7.58. The summed E-state index contributed by atoms with van der Waals surface area (Å²) in [4.78, 5) is 12.4. The summed E-state index contributed by atoms with van der Waals surface area (Å²) in [5.41, 5.74) is 0.305. The molecular weight excluding hydrogens is 370 g/mol. The van der Waals surface area contributed by atoms with E-state index < -0.39 is 16.1 Å². The molecule has 8 nitrogen and oxygen atoms in total.